The van der Waals surface area contributed by atoms with Crippen molar-refractivity contribution in [2.24, 2.45) is 0 Å². The van der Waals surface area contributed by atoms with Crippen LogP contribution in [0.3, 0.4) is 0 Å². The fraction of sp³-hybridized carbons (Fsp3) is 0.526. The fourth-order valence-electron chi connectivity index (χ4n) is 3.40. The highest BCUT2D eigenvalue weighted by Gasteiger charge is 2.40. The van der Waals surface area contributed by atoms with Crippen LogP contribution in [0.15, 0.2) is 18.2 Å². The predicted octanol–water partition coefficient (Wildman–Crippen LogP) is 3.77. The Balaban J connectivity index is 1.95. The molecular formula is C19H23F2NO4. The number of benzene rings is 1. The van der Waals surface area contributed by atoms with Gasteiger partial charge in [0, 0.05) is 11.6 Å². The number of nitrogens with zero attached hydrogens (tertiary/aromatic N) is 1. The third kappa shape index (κ3) is 3.67. The van der Waals surface area contributed by atoms with Gasteiger partial charge in [0.1, 0.15) is 11.4 Å². The number of hydrogen-bond donors (Lipinski definition) is 0. The van der Waals surface area contributed by atoms with Gasteiger partial charge in [0.15, 0.2) is 11.6 Å². The van der Waals surface area contributed by atoms with Crippen LogP contribution in [0.5, 0.6) is 5.75 Å². The molecule has 0 spiro atoms. The van der Waals surface area contributed by atoms with Crippen LogP contribution in [-0.2, 0) is 9.47 Å². The van der Waals surface area contributed by atoms with Crippen molar-refractivity contribution < 1.29 is 27.8 Å². The van der Waals surface area contributed by atoms with E-state index >= 15 is 0 Å². The van der Waals surface area contributed by atoms with E-state index in [2.05, 4.69) is 0 Å². The van der Waals surface area contributed by atoms with Gasteiger partial charge in [-0.05, 0) is 38.8 Å². The third-order valence-corrected chi connectivity index (χ3v) is 4.36. The lowest BCUT2D eigenvalue weighted by Gasteiger charge is -2.44. The highest BCUT2D eigenvalue weighted by molar-refractivity contribution is 5.77. The Kier molecular flexibility index (Phi) is 4.92. The maximum atomic E-state index is 14.0. The summed E-state index contributed by atoms with van der Waals surface area (Å²) in [6.45, 7) is 6.07. The zero-order valence-corrected chi connectivity index (χ0v) is 15.3. The summed E-state index contributed by atoms with van der Waals surface area (Å²) < 4.78 is 44.0. The molecule has 2 heterocycles. The largest absolute Gasteiger partial charge is 0.493 e. The number of ether oxygens (including phenoxy) is 3. The first kappa shape index (κ1) is 18.6. The first-order valence-corrected chi connectivity index (χ1v) is 8.53. The van der Waals surface area contributed by atoms with Gasteiger partial charge in [-0.1, -0.05) is 6.08 Å². The fourth-order valence-corrected chi connectivity index (χ4v) is 3.40. The van der Waals surface area contributed by atoms with Gasteiger partial charge in [0.05, 0.1) is 32.4 Å². The van der Waals surface area contributed by atoms with Crippen LogP contribution in [0, 0.1) is 11.6 Å². The van der Waals surface area contributed by atoms with E-state index in [-0.39, 0.29) is 17.8 Å². The summed E-state index contributed by atoms with van der Waals surface area (Å²) in [4.78, 5) is 14.2. The zero-order chi connectivity index (χ0) is 19.1. The molecule has 0 saturated carbocycles. The standard InChI is InChI=1S/C19H23F2NO4/c1-19(2,3)26-18(23)22-13-5-11(6-14(22)10-25-9-13)15-7-12(20)8-16(21)17(15)24-4/h5,7-8,13-14H,6,9-10H2,1-4H3. The molecule has 26 heavy (non-hydrogen) atoms. The van der Waals surface area contributed by atoms with Crippen molar-refractivity contribution in [3.05, 3.63) is 35.4 Å². The summed E-state index contributed by atoms with van der Waals surface area (Å²) in [6, 6.07) is 1.43. The van der Waals surface area contributed by atoms with E-state index in [1.54, 1.807) is 11.0 Å². The lowest BCUT2D eigenvalue weighted by molar-refractivity contribution is -0.0510. The molecule has 0 aromatic heterocycles. The van der Waals surface area contributed by atoms with Gasteiger partial charge in [-0.25, -0.2) is 13.6 Å². The number of halogens is 2. The van der Waals surface area contributed by atoms with Crippen LogP contribution in [0.4, 0.5) is 13.6 Å². The highest BCUT2D eigenvalue weighted by Crippen LogP contribution is 2.38. The van der Waals surface area contributed by atoms with E-state index in [4.69, 9.17) is 14.2 Å². The average molecular weight is 367 g/mol. The van der Waals surface area contributed by atoms with E-state index < -0.39 is 23.3 Å². The smallest absolute Gasteiger partial charge is 0.411 e. The second-order valence-corrected chi connectivity index (χ2v) is 7.51. The Bertz CT molecular complexity index is 742. The topological polar surface area (TPSA) is 48.0 Å². The molecule has 0 radical (unpaired) electrons. The van der Waals surface area contributed by atoms with Crippen molar-refractivity contribution in [2.45, 2.75) is 44.9 Å². The van der Waals surface area contributed by atoms with Crippen molar-refractivity contribution in [2.75, 3.05) is 20.3 Å². The lowest BCUT2D eigenvalue weighted by atomic mass is 9.89. The van der Waals surface area contributed by atoms with Crippen molar-refractivity contribution in [3.8, 4) is 5.75 Å². The Hall–Kier alpha value is -2.15. The lowest BCUT2D eigenvalue weighted by Crippen LogP contribution is -2.57. The first-order valence-electron chi connectivity index (χ1n) is 8.53. The quantitative estimate of drug-likeness (QED) is 0.799. The summed E-state index contributed by atoms with van der Waals surface area (Å²) >= 11 is 0. The molecule has 2 atom stereocenters. The minimum Gasteiger partial charge on any atom is -0.493 e. The molecule has 1 saturated heterocycles. The van der Waals surface area contributed by atoms with Gasteiger partial charge in [0.25, 0.3) is 0 Å². The number of methoxy groups -OCH3 is 1. The van der Waals surface area contributed by atoms with Gasteiger partial charge < -0.3 is 14.2 Å². The SMILES string of the molecule is COc1c(F)cc(F)cc1C1=CC2COCC(C1)N2C(=O)OC(C)(C)C. The normalized spacial score (nSPS) is 22.7. The molecule has 2 aliphatic rings. The Morgan fingerprint density at radius 1 is 1.27 bits per heavy atom. The summed E-state index contributed by atoms with van der Waals surface area (Å²) in [5, 5.41) is 0. The molecule has 1 aromatic rings. The number of rotatable bonds is 2. The molecule has 1 amide bonds. The molecular weight excluding hydrogens is 344 g/mol. The number of fused-ring (bicyclic) bond motifs is 2. The summed E-state index contributed by atoms with van der Waals surface area (Å²) in [5.41, 5.74) is 0.495. The molecule has 2 bridgehead atoms. The molecule has 2 unspecified atom stereocenters. The highest BCUT2D eigenvalue weighted by atomic mass is 19.1. The maximum absolute atomic E-state index is 14.0. The minimum atomic E-state index is -0.751. The van der Waals surface area contributed by atoms with E-state index in [0.29, 0.717) is 25.2 Å². The van der Waals surface area contributed by atoms with Crippen LogP contribution in [0.2, 0.25) is 0 Å². The molecule has 1 aromatic carbocycles. The Labute approximate surface area is 151 Å². The van der Waals surface area contributed by atoms with Crippen LogP contribution >= 0.6 is 0 Å². The average Bonchev–Trinajstić information content (AvgIpc) is 2.51. The monoisotopic (exact) mass is 367 g/mol. The van der Waals surface area contributed by atoms with E-state index in [0.717, 1.165) is 11.6 Å². The number of carbonyl (C=O) groups excluding carboxylic acids is 1. The summed E-state index contributed by atoms with van der Waals surface area (Å²) in [7, 11) is 1.35. The first-order chi connectivity index (χ1) is 12.2. The summed E-state index contributed by atoms with van der Waals surface area (Å²) in [6.07, 6.45) is 1.79. The molecule has 0 aliphatic carbocycles. The van der Waals surface area contributed by atoms with Crippen molar-refractivity contribution in [3.63, 3.8) is 0 Å². The van der Waals surface area contributed by atoms with Crippen LogP contribution in [-0.4, -0.2) is 49.0 Å². The van der Waals surface area contributed by atoms with E-state index in [1.165, 1.54) is 13.2 Å². The summed E-state index contributed by atoms with van der Waals surface area (Å²) in [5.74, 6) is -1.42. The maximum Gasteiger partial charge on any atom is 0.411 e. The van der Waals surface area contributed by atoms with Crippen molar-refractivity contribution in [1.82, 2.24) is 4.90 Å². The van der Waals surface area contributed by atoms with E-state index in [1.807, 2.05) is 20.8 Å². The predicted molar refractivity (Wildman–Crippen MR) is 92.0 cm³/mol. The molecule has 142 valence electrons. The van der Waals surface area contributed by atoms with Gasteiger partial charge in [-0.15, -0.1) is 0 Å². The molecule has 3 rings (SSSR count). The number of amides is 1. The molecule has 2 aliphatic heterocycles. The second-order valence-electron chi connectivity index (χ2n) is 7.51. The number of carbonyl (C=O) groups is 1. The van der Waals surface area contributed by atoms with Crippen molar-refractivity contribution in [1.29, 1.82) is 0 Å². The van der Waals surface area contributed by atoms with Crippen LogP contribution in [0.1, 0.15) is 32.8 Å². The number of morpholine rings is 1. The van der Waals surface area contributed by atoms with Gasteiger partial charge in [-0.3, -0.25) is 4.90 Å². The second kappa shape index (κ2) is 6.87. The van der Waals surface area contributed by atoms with Gasteiger partial charge in [-0.2, -0.15) is 0 Å². The molecule has 5 nitrogen and oxygen atoms in total. The molecule has 7 heteroatoms. The Morgan fingerprint density at radius 3 is 2.62 bits per heavy atom. The third-order valence-electron chi connectivity index (χ3n) is 4.36. The Morgan fingerprint density at radius 2 is 2.00 bits per heavy atom. The van der Waals surface area contributed by atoms with Crippen molar-refractivity contribution >= 4 is 11.7 Å². The van der Waals surface area contributed by atoms with Gasteiger partial charge in [0.2, 0.25) is 0 Å². The molecule has 1 fully saturated rings. The van der Waals surface area contributed by atoms with E-state index in [9.17, 15) is 13.6 Å². The number of hydrogen-bond acceptors (Lipinski definition) is 4. The molecule has 0 N–H and O–H groups in total. The van der Waals surface area contributed by atoms with Crippen LogP contribution in [0.25, 0.3) is 5.57 Å². The van der Waals surface area contributed by atoms with Gasteiger partial charge >= 0.3 is 6.09 Å². The minimum absolute atomic E-state index is 0.00219. The van der Waals surface area contributed by atoms with Crippen LogP contribution < -0.4 is 4.74 Å². The zero-order valence-electron chi connectivity index (χ0n) is 15.3.